The third-order valence-electron chi connectivity index (χ3n) is 3.49. The van der Waals surface area contributed by atoms with Crippen LogP contribution in [0.5, 0.6) is 0 Å². The van der Waals surface area contributed by atoms with E-state index >= 15 is 0 Å². The summed E-state index contributed by atoms with van der Waals surface area (Å²) in [6, 6.07) is 11.6. The van der Waals surface area contributed by atoms with Gasteiger partial charge in [-0.3, -0.25) is 9.36 Å². The molecule has 3 aromatic rings. The maximum Gasteiger partial charge on any atom is 0.319 e. The van der Waals surface area contributed by atoms with E-state index in [9.17, 15) is 4.79 Å². The van der Waals surface area contributed by atoms with E-state index in [1.165, 1.54) is 23.5 Å². The Hall–Kier alpha value is -2.39. The summed E-state index contributed by atoms with van der Waals surface area (Å²) in [5.41, 5.74) is 0.936. The zero-order valence-electron chi connectivity index (χ0n) is 15.0. The highest BCUT2D eigenvalue weighted by Gasteiger charge is 2.22. The molecule has 0 aliphatic carbocycles. The first-order valence-corrected chi connectivity index (χ1v) is 10.3. The van der Waals surface area contributed by atoms with Crippen molar-refractivity contribution in [3.8, 4) is 5.69 Å². The van der Waals surface area contributed by atoms with Gasteiger partial charge in [-0.05, 0) is 32.0 Å². The molecular formula is C18H19N5O2S2. The first kappa shape index (κ1) is 19.4. The molecule has 0 amide bonds. The van der Waals surface area contributed by atoms with Crippen LogP contribution in [0.25, 0.3) is 5.69 Å². The molecule has 0 N–H and O–H groups in total. The van der Waals surface area contributed by atoms with Crippen LogP contribution in [-0.4, -0.2) is 42.6 Å². The van der Waals surface area contributed by atoms with Crippen LogP contribution in [0, 0.1) is 0 Å². The molecule has 0 aliphatic rings. The molecule has 9 heteroatoms. The molecule has 0 bridgehead atoms. The number of nitrogens with zero attached hydrogens (tertiary/aromatic N) is 5. The molecule has 0 saturated carbocycles. The summed E-state index contributed by atoms with van der Waals surface area (Å²) in [6.45, 7) is 3.95. The third kappa shape index (κ3) is 5.08. The molecule has 2 heterocycles. The van der Waals surface area contributed by atoms with Crippen molar-refractivity contribution in [3.05, 3.63) is 54.6 Å². The van der Waals surface area contributed by atoms with E-state index < -0.39 is 0 Å². The van der Waals surface area contributed by atoms with E-state index in [1.54, 1.807) is 32.3 Å². The number of thioether (sulfide) groups is 2. The SMILES string of the molecule is CCOC(=O)[C@H](C)Sc1nnc(CSc2ncccn2)n1-c1ccccc1. The molecule has 0 spiro atoms. The predicted molar refractivity (Wildman–Crippen MR) is 105 cm³/mol. The number of carbonyl (C=O) groups excluding carboxylic acids is 1. The van der Waals surface area contributed by atoms with Gasteiger partial charge in [-0.2, -0.15) is 0 Å². The fourth-order valence-corrected chi connectivity index (χ4v) is 3.86. The van der Waals surface area contributed by atoms with E-state index in [-0.39, 0.29) is 11.2 Å². The van der Waals surface area contributed by atoms with Gasteiger partial charge in [0, 0.05) is 18.1 Å². The molecule has 3 rings (SSSR count). The van der Waals surface area contributed by atoms with E-state index in [2.05, 4.69) is 20.2 Å². The number of esters is 1. The van der Waals surface area contributed by atoms with Crippen LogP contribution in [0.1, 0.15) is 19.7 Å². The second kappa shape index (κ2) is 9.52. The van der Waals surface area contributed by atoms with Gasteiger partial charge in [-0.25, -0.2) is 9.97 Å². The van der Waals surface area contributed by atoms with Crippen LogP contribution in [0.3, 0.4) is 0 Å². The number of benzene rings is 1. The van der Waals surface area contributed by atoms with Gasteiger partial charge >= 0.3 is 5.97 Å². The molecule has 2 aromatic heterocycles. The largest absolute Gasteiger partial charge is 0.465 e. The smallest absolute Gasteiger partial charge is 0.319 e. The second-order valence-corrected chi connectivity index (χ2v) is 7.65. The van der Waals surface area contributed by atoms with Gasteiger partial charge in [0.2, 0.25) is 0 Å². The zero-order chi connectivity index (χ0) is 19.1. The lowest BCUT2D eigenvalue weighted by molar-refractivity contribution is -0.142. The first-order valence-electron chi connectivity index (χ1n) is 8.42. The molecule has 7 nitrogen and oxygen atoms in total. The topological polar surface area (TPSA) is 82.8 Å². The van der Waals surface area contributed by atoms with Crippen molar-refractivity contribution in [2.24, 2.45) is 0 Å². The average Bonchev–Trinajstić information content (AvgIpc) is 3.10. The van der Waals surface area contributed by atoms with Crippen molar-refractivity contribution >= 4 is 29.5 Å². The lowest BCUT2D eigenvalue weighted by atomic mass is 10.3. The molecule has 0 fully saturated rings. The number of ether oxygens (including phenoxy) is 1. The van der Waals surface area contributed by atoms with Gasteiger partial charge < -0.3 is 4.74 Å². The summed E-state index contributed by atoms with van der Waals surface area (Å²) in [5.74, 6) is 1.05. The molecule has 0 unspecified atom stereocenters. The standard InChI is InChI=1S/C18H19N5O2S2/c1-3-25-16(24)13(2)27-18-22-21-15(12-26-17-19-10-7-11-20-17)23(18)14-8-5-4-6-9-14/h4-11,13H,3,12H2,1-2H3/t13-/m0/s1. The maximum atomic E-state index is 12.0. The summed E-state index contributed by atoms with van der Waals surface area (Å²) < 4.78 is 7.05. The highest BCUT2D eigenvalue weighted by molar-refractivity contribution is 8.00. The number of hydrogen-bond donors (Lipinski definition) is 0. The monoisotopic (exact) mass is 401 g/mol. The minimum absolute atomic E-state index is 0.265. The molecule has 1 aromatic carbocycles. The summed E-state index contributed by atoms with van der Waals surface area (Å²) >= 11 is 2.81. The number of para-hydroxylation sites is 1. The number of aromatic nitrogens is 5. The van der Waals surface area contributed by atoms with Gasteiger partial charge in [0.25, 0.3) is 0 Å². The van der Waals surface area contributed by atoms with Crippen LogP contribution in [-0.2, 0) is 15.3 Å². The highest BCUT2D eigenvalue weighted by Crippen LogP contribution is 2.28. The van der Waals surface area contributed by atoms with E-state index in [0.717, 1.165) is 11.5 Å². The summed E-state index contributed by atoms with van der Waals surface area (Å²) in [4.78, 5) is 20.4. The van der Waals surface area contributed by atoms with E-state index in [4.69, 9.17) is 4.74 Å². The second-order valence-electron chi connectivity index (χ2n) is 5.40. The van der Waals surface area contributed by atoms with E-state index in [1.807, 2.05) is 34.9 Å². The Bertz CT molecular complexity index is 874. The Kier molecular flexibility index (Phi) is 6.83. The van der Waals surface area contributed by atoms with Crippen molar-refractivity contribution in [2.45, 2.75) is 35.2 Å². The molecule has 0 radical (unpaired) electrons. The minimum atomic E-state index is -0.380. The zero-order valence-corrected chi connectivity index (χ0v) is 16.6. The lowest BCUT2D eigenvalue weighted by Crippen LogP contribution is -2.17. The van der Waals surface area contributed by atoms with Crippen molar-refractivity contribution in [3.63, 3.8) is 0 Å². The number of rotatable bonds is 8. The Morgan fingerprint density at radius 1 is 1.15 bits per heavy atom. The van der Waals surface area contributed by atoms with Crippen LogP contribution in [0.2, 0.25) is 0 Å². The Morgan fingerprint density at radius 3 is 2.59 bits per heavy atom. The summed E-state index contributed by atoms with van der Waals surface area (Å²) in [6.07, 6.45) is 3.42. The molecular weight excluding hydrogens is 382 g/mol. The van der Waals surface area contributed by atoms with Crippen LogP contribution in [0.4, 0.5) is 0 Å². The molecule has 0 aliphatic heterocycles. The quantitative estimate of drug-likeness (QED) is 0.323. The van der Waals surface area contributed by atoms with E-state index in [0.29, 0.717) is 22.7 Å². The molecule has 0 saturated heterocycles. The maximum absolute atomic E-state index is 12.0. The minimum Gasteiger partial charge on any atom is -0.465 e. The third-order valence-corrected chi connectivity index (χ3v) is 5.38. The van der Waals surface area contributed by atoms with Crippen molar-refractivity contribution in [1.82, 2.24) is 24.7 Å². The normalized spacial score (nSPS) is 11.9. The Morgan fingerprint density at radius 2 is 1.89 bits per heavy atom. The Balaban J connectivity index is 1.85. The predicted octanol–water partition coefficient (Wildman–Crippen LogP) is 3.39. The molecule has 1 atom stereocenters. The number of hydrogen-bond acceptors (Lipinski definition) is 8. The number of carbonyl (C=O) groups is 1. The van der Waals surface area contributed by atoms with Gasteiger partial charge in [-0.15, -0.1) is 10.2 Å². The first-order chi connectivity index (χ1) is 13.2. The summed E-state index contributed by atoms with van der Waals surface area (Å²) in [7, 11) is 0. The van der Waals surface area contributed by atoms with Crippen LogP contribution < -0.4 is 0 Å². The fraction of sp³-hybridized carbons (Fsp3) is 0.278. The van der Waals surface area contributed by atoms with Gasteiger partial charge in [0.15, 0.2) is 10.3 Å². The summed E-state index contributed by atoms with van der Waals surface area (Å²) in [5, 5.41) is 9.57. The van der Waals surface area contributed by atoms with Crippen molar-refractivity contribution in [1.29, 1.82) is 0 Å². The van der Waals surface area contributed by atoms with Crippen molar-refractivity contribution < 1.29 is 9.53 Å². The van der Waals surface area contributed by atoms with Crippen LogP contribution in [0.15, 0.2) is 59.1 Å². The van der Waals surface area contributed by atoms with Crippen LogP contribution >= 0.6 is 23.5 Å². The highest BCUT2D eigenvalue weighted by atomic mass is 32.2. The average molecular weight is 402 g/mol. The molecule has 27 heavy (non-hydrogen) atoms. The van der Waals surface area contributed by atoms with Gasteiger partial charge in [0.05, 0.1) is 12.4 Å². The molecule has 140 valence electrons. The van der Waals surface area contributed by atoms with Crippen molar-refractivity contribution in [2.75, 3.05) is 6.61 Å². The van der Waals surface area contributed by atoms with Gasteiger partial charge in [-0.1, -0.05) is 41.7 Å². The Labute approximate surface area is 166 Å². The lowest BCUT2D eigenvalue weighted by Gasteiger charge is -2.12. The van der Waals surface area contributed by atoms with Gasteiger partial charge in [0.1, 0.15) is 11.1 Å². The fourth-order valence-electron chi connectivity index (χ4n) is 2.26.